The number of H-pyrrole nitrogens is 1. The van der Waals surface area contributed by atoms with Crippen molar-refractivity contribution in [3.8, 4) is 5.75 Å². The highest BCUT2D eigenvalue weighted by Gasteiger charge is 2.52. The predicted octanol–water partition coefficient (Wildman–Crippen LogP) is 0.825. The number of nitrogens with zero attached hydrogens (tertiary/aromatic N) is 1. The van der Waals surface area contributed by atoms with Crippen LogP contribution in [-0.2, 0) is 14.2 Å². The summed E-state index contributed by atoms with van der Waals surface area (Å²) in [5, 5.41) is 2.88. The lowest BCUT2D eigenvalue weighted by Gasteiger charge is -2.37. The second-order valence-electron chi connectivity index (χ2n) is 8.19. The lowest BCUT2D eigenvalue weighted by molar-refractivity contribution is -0.153. The van der Waals surface area contributed by atoms with Crippen LogP contribution in [0.1, 0.15) is 37.2 Å². The molecule has 10 heteroatoms. The fraction of sp³-hybridized carbons (Fsp3) is 0.500. The van der Waals surface area contributed by atoms with Crippen LogP contribution in [0.15, 0.2) is 46.1 Å². The molecule has 2 aliphatic heterocycles. The van der Waals surface area contributed by atoms with Crippen molar-refractivity contribution in [3.63, 3.8) is 0 Å². The number of carbonyl (C=O) groups excluding carboxylic acids is 1. The number of nitrogens with one attached hydrogen (secondary N) is 2. The van der Waals surface area contributed by atoms with Crippen molar-refractivity contribution in [2.45, 2.75) is 50.9 Å². The third-order valence-electron chi connectivity index (χ3n) is 5.49. The molecule has 172 valence electrons. The van der Waals surface area contributed by atoms with Gasteiger partial charge >= 0.3 is 5.69 Å². The third-order valence-corrected chi connectivity index (χ3v) is 5.49. The summed E-state index contributed by atoms with van der Waals surface area (Å²) < 4.78 is 24.9. The molecule has 2 N–H and O–H groups in total. The highest BCUT2D eigenvalue weighted by Crippen LogP contribution is 2.39. The number of aromatic amines is 1. The van der Waals surface area contributed by atoms with Crippen LogP contribution >= 0.6 is 0 Å². The Morgan fingerprint density at radius 3 is 2.59 bits per heavy atom. The highest BCUT2D eigenvalue weighted by molar-refractivity contribution is 5.94. The average Bonchev–Trinajstić information content (AvgIpc) is 3.08. The van der Waals surface area contributed by atoms with Crippen molar-refractivity contribution in [1.29, 1.82) is 0 Å². The van der Waals surface area contributed by atoms with Gasteiger partial charge in [-0.15, -0.1) is 0 Å². The molecule has 0 saturated carbocycles. The molecule has 1 amide bonds. The molecule has 2 saturated heterocycles. The van der Waals surface area contributed by atoms with Crippen molar-refractivity contribution in [2.24, 2.45) is 0 Å². The van der Waals surface area contributed by atoms with Crippen molar-refractivity contribution in [1.82, 2.24) is 14.9 Å². The van der Waals surface area contributed by atoms with E-state index in [0.29, 0.717) is 17.9 Å². The van der Waals surface area contributed by atoms with Crippen LogP contribution in [0.25, 0.3) is 0 Å². The van der Waals surface area contributed by atoms with Crippen LogP contribution in [0.5, 0.6) is 5.75 Å². The molecule has 4 rings (SSSR count). The first-order valence-corrected chi connectivity index (χ1v) is 10.6. The van der Waals surface area contributed by atoms with Gasteiger partial charge in [-0.1, -0.05) is 0 Å². The Labute approximate surface area is 184 Å². The van der Waals surface area contributed by atoms with Crippen molar-refractivity contribution in [2.75, 3.05) is 19.8 Å². The van der Waals surface area contributed by atoms with Gasteiger partial charge < -0.3 is 24.3 Å². The number of benzene rings is 1. The number of fused-ring (bicyclic) bond motifs is 1. The Hall–Kier alpha value is -2.95. The van der Waals surface area contributed by atoms with E-state index in [0.717, 1.165) is 0 Å². The molecule has 0 radical (unpaired) electrons. The maximum Gasteiger partial charge on any atom is 0.328 e. The van der Waals surface area contributed by atoms with E-state index in [-0.39, 0.29) is 19.1 Å². The van der Waals surface area contributed by atoms with Gasteiger partial charge in [-0.25, -0.2) is 4.79 Å². The number of hydrogen-bond donors (Lipinski definition) is 2. The molecule has 0 unspecified atom stereocenters. The van der Waals surface area contributed by atoms with Gasteiger partial charge in [0.1, 0.15) is 24.1 Å². The fourth-order valence-electron chi connectivity index (χ4n) is 4.08. The van der Waals surface area contributed by atoms with E-state index >= 15 is 0 Å². The maximum absolute atomic E-state index is 12.6. The molecule has 2 aromatic rings. The van der Waals surface area contributed by atoms with Gasteiger partial charge in [0.2, 0.25) is 0 Å². The zero-order valence-electron chi connectivity index (χ0n) is 18.2. The highest BCUT2D eigenvalue weighted by atomic mass is 16.8. The van der Waals surface area contributed by atoms with Crippen LogP contribution in [0.2, 0.25) is 0 Å². The summed E-state index contributed by atoms with van der Waals surface area (Å²) in [6.07, 6.45) is -0.0457. The van der Waals surface area contributed by atoms with Crippen LogP contribution in [0, 0.1) is 0 Å². The first-order chi connectivity index (χ1) is 15.3. The summed E-state index contributed by atoms with van der Waals surface area (Å²) in [5.74, 6) is -0.431. The first-order valence-electron chi connectivity index (χ1n) is 10.6. The summed E-state index contributed by atoms with van der Waals surface area (Å²) >= 11 is 0. The number of ether oxygens (including phenoxy) is 4. The van der Waals surface area contributed by atoms with E-state index in [9.17, 15) is 14.4 Å². The Kier molecular flexibility index (Phi) is 6.18. The second kappa shape index (κ2) is 8.89. The number of rotatable bonds is 6. The summed E-state index contributed by atoms with van der Waals surface area (Å²) in [5.41, 5.74) is -0.513. The number of amides is 1. The maximum atomic E-state index is 12.6. The summed E-state index contributed by atoms with van der Waals surface area (Å²) in [4.78, 5) is 38.6. The lowest BCUT2D eigenvalue weighted by Crippen LogP contribution is -2.54. The molecule has 2 fully saturated rings. The molecule has 2 aliphatic rings. The summed E-state index contributed by atoms with van der Waals surface area (Å²) in [6, 6.07) is 7.68. The Morgan fingerprint density at radius 2 is 1.91 bits per heavy atom. The SMILES string of the molecule is CCOc1ccc(C(=O)NC[C@H]2OC[C@@H](n3ccc(=O)[nH]c3=O)[C@@H]3OC(C)(C)O[C@@H]32)cc1. The molecule has 0 spiro atoms. The molecule has 32 heavy (non-hydrogen) atoms. The monoisotopic (exact) mass is 445 g/mol. The number of aromatic nitrogens is 2. The van der Waals surface area contributed by atoms with Crippen LogP contribution < -0.4 is 21.3 Å². The van der Waals surface area contributed by atoms with Gasteiger partial charge in [0.05, 0.1) is 19.3 Å². The molecular weight excluding hydrogens is 418 g/mol. The Bertz CT molecular complexity index is 1080. The molecule has 3 heterocycles. The van der Waals surface area contributed by atoms with Gasteiger partial charge in [0.15, 0.2) is 5.79 Å². The average molecular weight is 445 g/mol. The van der Waals surface area contributed by atoms with Crippen molar-refractivity contribution < 1.29 is 23.7 Å². The molecule has 10 nitrogen and oxygen atoms in total. The first kappa shape index (κ1) is 22.3. The van der Waals surface area contributed by atoms with Crippen LogP contribution in [0.3, 0.4) is 0 Å². The zero-order valence-corrected chi connectivity index (χ0v) is 18.2. The minimum absolute atomic E-state index is 0.163. The Morgan fingerprint density at radius 1 is 1.19 bits per heavy atom. The predicted molar refractivity (Wildman–Crippen MR) is 114 cm³/mol. The summed E-state index contributed by atoms with van der Waals surface area (Å²) in [7, 11) is 0. The van der Waals surface area contributed by atoms with Gasteiger partial charge in [0, 0.05) is 24.4 Å². The molecule has 0 bridgehead atoms. The Balaban J connectivity index is 1.46. The second-order valence-corrected chi connectivity index (χ2v) is 8.19. The lowest BCUT2D eigenvalue weighted by atomic mass is 9.97. The van der Waals surface area contributed by atoms with E-state index in [4.69, 9.17) is 18.9 Å². The molecule has 0 aliphatic carbocycles. The largest absolute Gasteiger partial charge is 0.494 e. The van der Waals surface area contributed by atoms with E-state index < -0.39 is 41.4 Å². The van der Waals surface area contributed by atoms with E-state index in [2.05, 4.69) is 10.3 Å². The molecule has 4 atom stereocenters. The van der Waals surface area contributed by atoms with Gasteiger partial charge in [-0.3, -0.25) is 19.1 Å². The molecular formula is C22H27N3O7. The van der Waals surface area contributed by atoms with E-state index in [1.54, 1.807) is 38.1 Å². The standard InChI is InChI=1S/C22H27N3O7/c1-4-29-14-7-5-13(6-8-14)20(27)23-11-16-19-18(31-22(2,3)32-19)15(12-30-16)25-10-9-17(26)24-21(25)28/h5-10,15-16,18-19H,4,11-12H2,1-3H3,(H,23,27)(H,24,26,28)/t15-,16-,18+,19-/m1/s1. The number of carbonyl (C=O) groups is 1. The summed E-state index contributed by atoms with van der Waals surface area (Å²) in [6.45, 7) is 6.39. The van der Waals surface area contributed by atoms with E-state index in [1.807, 2.05) is 6.92 Å². The van der Waals surface area contributed by atoms with Crippen molar-refractivity contribution >= 4 is 5.91 Å². The zero-order chi connectivity index (χ0) is 22.9. The molecule has 1 aromatic heterocycles. The number of hydrogen-bond acceptors (Lipinski definition) is 7. The minimum atomic E-state index is -0.884. The van der Waals surface area contributed by atoms with Gasteiger partial charge in [-0.05, 0) is 45.0 Å². The van der Waals surface area contributed by atoms with Crippen LogP contribution in [-0.4, -0.2) is 59.3 Å². The van der Waals surface area contributed by atoms with E-state index in [1.165, 1.54) is 16.8 Å². The van der Waals surface area contributed by atoms with Gasteiger partial charge in [-0.2, -0.15) is 0 Å². The van der Waals surface area contributed by atoms with Gasteiger partial charge in [0.25, 0.3) is 11.5 Å². The normalized spacial score (nSPS) is 26.3. The topological polar surface area (TPSA) is 121 Å². The fourth-order valence-corrected chi connectivity index (χ4v) is 4.08. The minimum Gasteiger partial charge on any atom is -0.494 e. The van der Waals surface area contributed by atoms with Crippen LogP contribution in [0.4, 0.5) is 0 Å². The molecule has 1 aromatic carbocycles. The van der Waals surface area contributed by atoms with Crippen molar-refractivity contribution in [3.05, 3.63) is 62.9 Å². The quantitative estimate of drug-likeness (QED) is 0.675. The smallest absolute Gasteiger partial charge is 0.328 e. The third kappa shape index (κ3) is 4.62.